The Morgan fingerprint density at radius 2 is 2.12 bits per heavy atom. The number of hydrogen-bond acceptors (Lipinski definition) is 3. The van der Waals surface area contributed by atoms with E-state index in [0.717, 1.165) is 0 Å². The molecule has 0 aliphatic rings. The van der Waals surface area contributed by atoms with E-state index < -0.39 is 11.0 Å². The van der Waals surface area contributed by atoms with E-state index in [1.165, 1.54) is 0 Å². The molecular weight excluding hydrogens is 124 g/mol. The van der Waals surface area contributed by atoms with Gasteiger partial charge in [-0.1, -0.05) is 6.92 Å². The van der Waals surface area contributed by atoms with E-state index in [2.05, 4.69) is 12.6 Å². The van der Waals surface area contributed by atoms with Crippen molar-refractivity contribution < 1.29 is 10.2 Å². The Labute approximate surface area is 54.9 Å². The molecule has 0 spiro atoms. The van der Waals surface area contributed by atoms with Crippen molar-refractivity contribution in [2.75, 3.05) is 0 Å². The van der Waals surface area contributed by atoms with E-state index in [1.54, 1.807) is 13.8 Å². The van der Waals surface area contributed by atoms with Gasteiger partial charge in [0.05, 0.1) is 5.60 Å². The molecule has 0 aromatic heterocycles. The van der Waals surface area contributed by atoms with Crippen molar-refractivity contribution in [3.63, 3.8) is 0 Å². The Hall–Kier alpha value is 0.270. The number of aliphatic hydroxyl groups excluding tert-OH is 1. The lowest BCUT2D eigenvalue weighted by atomic mass is 10.1. The lowest BCUT2D eigenvalue weighted by Gasteiger charge is -2.23. The molecule has 0 bridgehead atoms. The van der Waals surface area contributed by atoms with Crippen LogP contribution in [0.1, 0.15) is 20.3 Å². The maximum atomic E-state index is 9.07. The van der Waals surface area contributed by atoms with Crippen LogP contribution in [0.25, 0.3) is 0 Å². The highest BCUT2D eigenvalue weighted by Crippen LogP contribution is 2.15. The first-order chi connectivity index (χ1) is 3.50. The average Bonchev–Trinajstić information content (AvgIpc) is 1.67. The summed E-state index contributed by atoms with van der Waals surface area (Å²) >= 11 is 3.66. The maximum absolute atomic E-state index is 9.07. The number of thiol groups is 1. The van der Waals surface area contributed by atoms with Crippen LogP contribution in [-0.4, -0.2) is 21.3 Å². The molecule has 0 amide bonds. The molecule has 8 heavy (non-hydrogen) atoms. The maximum Gasteiger partial charge on any atom is 0.125 e. The lowest BCUT2D eigenvalue weighted by Crippen LogP contribution is -2.34. The van der Waals surface area contributed by atoms with Crippen LogP contribution in [0.2, 0.25) is 0 Å². The van der Waals surface area contributed by atoms with E-state index in [-0.39, 0.29) is 0 Å². The minimum Gasteiger partial charge on any atom is -0.387 e. The molecule has 2 atom stereocenters. The van der Waals surface area contributed by atoms with Gasteiger partial charge in [-0.15, -0.1) is 12.6 Å². The van der Waals surface area contributed by atoms with Gasteiger partial charge in [-0.05, 0) is 13.3 Å². The van der Waals surface area contributed by atoms with Gasteiger partial charge in [0.25, 0.3) is 0 Å². The third kappa shape index (κ3) is 2.03. The Morgan fingerprint density at radius 1 is 1.75 bits per heavy atom. The summed E-state index contributed by atoms with van der Waals surface area (Å²) in [6.07, 6.45) is 0.512. The van der Waals surface area contributed by atoms with Crippen LogP contribution < -0.4 is 0 Å². The van der Waals surface area contributed by atoms with Crippen LogP contribution in [-0.2, 0) is 0 Å². The molecule has 50 valence electrons. The van der Waals surface area contributed by atoms with Gasteiger partial charge in [-0.2, -0.15) is 0 Å². The zero-order chi connectivity index (χ0) is 6.78. The van der Waals surface area contributed by atoms with Gasteiger partial charge in [0.2, 0.25) is 0 Å². The zero-order valence-electron chi connectivity index (χ0n) is 5.13. The van der Waals surface area contributed by atoms with Crippen molar-refractivity contribution in [1.82, 2.24) is 0 Å². The minimum atomic E-state index is -1.04. The predicted molar refractivity (Wildman–Crippen MR) is 35.9 cm³/mol. The standard InChI is InChI=1S/C5H12O2S/c1-3-5(2,7)4(6)8/h4,6-8H,3H2,1-2H3. The van der Waals surface area contributed by atoms with Crippen LogP contribution in [0.15, 0.2) is 0 Å². The molecule has 0 saturated heterocycles. The topological polar surface area (TPSA) is 40.5 Å². The Bertz CT molecular complexity index is 70.8. The summed E-state index contributed by atoms with van der Waals surface area (Å²) in [6, 6.07) is 0. The van der Waals surface area contributed by atoms with E-state index >= 15 is 0 Å². The second-order valence-electron chi connectivity index (χ2n) is 2.08. The van der Waals surface area contributed by atoms with Gasteiger partial charge in [0.15, 0.2) is 0 Å². The molecule has 0 saturated carbocycles. The molecule has 0 aromatic rings. The normalized spacial score (nSPS) is 22.1. The molecule has 0 heterocycles. The van der Waals surface area contributed by atoms with E-state index in [0.29, 0.717) is 6.42 Å². The third-order valence-electron chi connectivity index (χ3n) is 1.27. The second-order valence-corrected chi connectivity index (χ2v) is 2.57. The number of hydrogen-bond donors (Lipinski definition) is 3. The molecule has 2 unspecified atom stereocenters. The average molecular weight is 136 g/mol. The fourth-order valence-electron chi connectivity index (χ4n) is 0.183. The van der Waals surface area contributed by atoms with Crippen LogP contribution >= 0.6 is 12.6 Å². The smallest absolute Gasteiger partial charge is 0.125 e. The number of rotatable bonds is 2. The summed E-state index contributed by atoms with van der Waals surface area (Å²) in [6.45, 7) is 3.34. The molecular formula is C5H12O2S. The first-order valence-corrected chi connectivity index (χ1v) is 3.11. The monoisotopic (exact) mass is 136 g/mol. The fourth-order valence-corrected chi connectivity index (χ4v) is 0.365. The van der Waals surface area contributed by atoms with E-state index in [9.17, 15) is 0 Å². The molecule has 0 aliphatic carbocycles. The molecule has 0 aromatic carbocycles. The van der Waals surface area contributed by atoms with Gasteiger partial charge in [-0.25, -0.2) is 0 Å². The Balaban J connectivity index is 3.71. The van der Waals surface area contributed by atoms with Gasteiger partial charge >= 0.3 is 0 Å². The number of aliphatic hydroxyl groups is 2. The van der Waals surface area contributed by atoms with Gasteiger partial charge in [0, 0.05) is 0 Å². The first kappa shape index (κ1) is 8.27. The summed E-state index contributed by atoms with van der Waals surface area (Å²) in [5.41, 5.74) is -1.98. The quantitative estimate of drug-likeness (QED) is 0.380. The van der Waals surface area contributed by atoms with Crippen LogP contribution in [0, 0.1) is 0 Å². The van der Waals surface area contributed by atoms with Crippen LogP contribution in [0.3, 0.4) is 0 Å². The Kier molecular flexibility index (Phi) is 2.80. The van der Waals surface area contributed by atoms with Gasteiger partial charge < -0.3 is 10.2 Å². The lowest BCUT2D eigenvalue weighted by molar-refractivity contribution is -0.0186. The fraction of sp³-hybridized carbons (Fsp3) is 1.00. The van der Waals surface area contributed by atoms with Crippen LogP contribution in [0.4, 0.5) is 0 Å². The third-order valence-corrected chi connectivity index (χ3v) is 1.83. The van der Waals surface area contributed by atoms with Crippen molar-refractivity contribution >= 4 is 12.6 Å². The first-order valence-electron chi connectivity index (χ1n) is 2.59. The molecule has 2 N–H and O–H groups in total. The predicted octanol–water partition coefficient (Wildman–Crippen LogP) is 0.396. The summed E-state index contributed by atoms with van der Waals surface area (Å²) < 4.78 is 0. The Morgan fingerprint density at radius 3 is 2.12 bits per heavy atom. The SMILES string of the molecule is CCC(C)(O)C(O)S. The second kappa shape index (κ2) is 2.71. The van der Waals surface area contributed by atoms with Crippen molar-refractivity contribution in [1.29, 1.82) is 0 Å². The van der Waals surface area contributed by atoms with E-state index in [4.69, 9.17) is 10.2 Å². The summed E-state index contributed by atoms with van der Waals surface area (Å²) in [4.78, 5) is 0. The summed E-state index contributed by atoms with van der Waals surface area (Å²) in [7, 11) is 0. The van der Waals surface area contributed by atoms with E-state index in [1.807, 2.05) is 0 Å². The molecule has 0 fully saturated rings. The van der Waals surface area contributed by atoms with Gasteiger partial charge in [-0.3, -0.25) is 0 Å². The van der Waals surface area contributed by atoms with Crippen molar-refractivity contribution in [3.05, 3.63) is 0 Å². The largest absolute Gasteiger partial charge is 0.387 e. The highest BCUT2D eigenvalue weighted by Gasteiger charge is 2.24. The van der Waals surface area contributed by atoms with Crippen LogP contribution in [0.5, 0.6) is 0 Å². The summed E-state index contributed by atoms with van der Waals surface area (Å²) in [5, 5.41) is 17.8. The zero-order valence-corrected chi connectivity index (χ0v) is 6.02. The molecule has 3 heteroatoms. The minimum absolute atomic E-state index is 0.512. The summed E-state index contributed by atoms with van der Waals surface area (Å²) in [5.74, 6) is 0. The highest BCUT2D eigenvalue weighted by atomic mass is 32.1. The molecule has 0 radical (unpaired) electrons. The van der Waals surface area contributed by atoms with Gasteiger partial charge in [0.1, 0.15) is 5.44 Å². The van der Waals surface area contributed by atoms with Crippen molar-refractivity contribution in [2.24, 2.45) is 0 Å². The molecule has 0 rings (SSSR count). The van der Waals surface area contributed by atoms with Crippen molar-refractivity contribution in [3.8, 4) is 0 Å². The van der Waals surface area contributed by atoms with Crippen molar-refractivity contribution in [2.45, 2.75) is 31.3 Å². The molecule has 0 aliphatic heterocycles. The highest BCUT2D eigenvalue weighted by molar-refractivity contribution is 7.80. The molecule has 2 nitrogen and oxygen atoms in total.